The van der Waals surface area contributed by atoms with Crippen LogP contribution in [-0.4, -0.2) is 12.1 Å². The molecule has 0 atom stereocenters. The molecule has 0 aromatic carbocycles. The van der Waals surface area contributed by atoms with Crippen LogP contribution in [0, 0.1) is 0 Å². The highest BCUT2D eigenvalue weighted by Gasteiger charge is 1.79. The van der Waals surface area contributed by atoms with Gasteiger partial charge in [0.05, 0.1) is 6.26 Å². The average molecular weight is 144 g/mol. The van der Waals surface area contributed by atoms with Crippen LogP contribution in [0.5, 0.6) is 0 Å². The van der Waals surface area contributed by atoms with E-state index in [2.05, 4.69) is 13.5 Å². The van der Waals surface area contributed by atoms with Crippen LogP contribution < -0.4 is 0 Å². The molecule has 0 aliphatic rings. The van der Waals surface area contributed by atoms with Crippen LogP contribution in [0.1, 0.15) is 20.3 Å². The molecule has 0 rings (SSSR count). The third-order valence-corrected chi connectivity index (χ3v) is 0.758. The van der Waals surface area contributed by atoms with Crippen LogP contribution >= 0.6 is 0 Å². The maximum atomic E-state index is 5.06. The number of hydrogen-bond donors (Lipinski definition) is 0. The van der Waals surface area contributed by atoms with Crippen LogP contribution in [0.4, 0.5) is 0 Å². The first kappa shape index (κ1) is 12.0. The van der Waals surface area contributed by atoms with Crippen molar-refractivity contribution in [3.05, 3.63) is 24.5 Å². The van der Waals surface area contributed by atoms with E-state index >= 15 is 0 Å². The van der Waals surface area contributed by atoms with Crippen molar-refractivity contribution in [2.75, 3.05) is 6.61 Å². The second-order valence-corrected chi connectivity index (χ2v) is 2.05. The van der Waals surface area contributed by atoms with Crippen LogP contribution in [0.3, 0.4) is 0 Å². The maximum Gasteiger partial charge on any atom is 0.108 e. The van der Waals surface area contributed by atoms with Gasteiger partial charge in [0.2, 0.25) is 0 Å². The lowest BCUT2D eigenvalue weighted by atomic mass is 10.4. The van der Waals surface area contributed by atoms with E-state index in [1.165, 1.54) is 0 Å². The molecule has 10 heavy (non-hydrogen) atoms. The average Bonchev–Trinajstić information content (AvgIpc) is 1.80. The van der Waals surface area contributed by atoms with E-state index in [1.54, 1.807) is 6.26 Å². The fourth-order valence-electron chi connectivity index (χ4n) is 0.355. The predicted octanol–water partition coefficient (Wildman–Crippen LogP) is 1.68. The summed E-state index contributed by atoms with van der Waals surface area (Å²) in [5.41, 5.74) is 1.05. The Labute approximate surface area is 62.5 Å². The first-order chi connectivity index (χ1) is 4.27. The summed E-state index contributed by atoms with van der Waals surface area (Å²) in [6.07, 6.45) is 4.72. The molecule has 0 spiro atoms. The normalized spacial score (nSPS) is 9.00. The number of ether oxygens (including phenoxy) is 1. The summed E-state index contributed by atoms with van der Waals surface area (Å²) in [6, 6.07) is 0. The van der Waals surface area contributed by atoms with Crippen molar-refractivity contribution in [2.45, 2.75) is 20.3 Å². The molecule has 0 aromatic heterocycles. The monoisotopic (exact) mass is 144 g/mol. The van der Waals surface area contributed by atoms with Gasteiger partial charge in [-0.15, -0.1) is 0 Å². The topological polar surface area (TPSA) is 40.7 Å². The Morgan fingerprint density at radius 3 is 2.60 bits per heavy atom. The van der Waals surface area contributed by atoms with Gasteiger partial charge in [-0.25, -0.2) is 0 Å². The van der Waals surface area contributed by atoms with E-state index in [-0.39, 0.29) is 5.48 Å². The molecular weight excluding hydrogens is 128 g/mol. The van der Waals surface area contributed by atoms with Crippen molar-refractivity contribution in [1.29, 1.82) is 0 Å². The zero-order valence-electron chi connectivity index (χ0n) is 6.68. The second-order valence-electron chi connectivity index (χ2n) is 2.05. The molecule has 0 saturated heterocycles. The largest absolute Gasteiger partial charge is 0.497 e. The Kier molecular flexibility index (Phi) is 9.86. The van der Waals surface area contributed by atoms with Gasteiger partial charge in [-0.3, -0.25) is 0 Å². The lowest BCUT2D eigenvalue weighted by Gasteiger charge is -1.96. The van der Waals surface area contributed by atoms with Crippen molar-refractivity contribution >= 4 is 0 Å². The van der Waals surface area contributed by atoms with Gasteiger partial charge in [-0.1, -0.05) is 19.6 Å². The van der Waals surface area contributed by atoms with E-state index in [0.717, 1.165) is 12.0 Å². The van der Waals surface area contributed by atoms with Crippen LogP contribution in [0.25, 0.3) is 0 Å². The Morgan fingerprint density at radius 2 is 2.20 bits per heavy atom. The summed E-state index contributed by atoms with van der Waals surface area (Å²) < 4.78 is 5.06. The lowest BCUT2D eigenvalue weighted by molar-refractivity contribution is 0.280. The molecular formula is C8H16O2. The molecule has 0 saturated carbocycles. The number of rotatable bonds is 4. The Morgan fingerprint density at radius 1 is 1.60 bits per heavy atom. The zero-order chi connectivity index (χ0) is 7.11. The van der Waals surface area contributed by atoms with E-state index in [4.69, 9.17) is 4.74 Å². The van der Waals surface area contributed by atoms with Crippen molar-refractivity contribution in [3.63, 3.8) is 0 Å². The second kappa shape index (κ2) is 8.24. The molecule has 0 bridgehead atoms. The van der Waals surface area contributed by atoms with Gasteiger partial charge in [-0.2, -0.15) is 0 Å². The zero-order valence-corrected chi connectivity index (χ0v) is 6.68. The molecule has 0 aliphatic heterocycles. The fourth-order valence-corrected chi connectivity index (χ4v) is 0.355. The fraction of sp³-hybridized carbons (Fsp3) is 0.500. The van der Waals surface area contributed by atoms with E-state index < -0.39 is 0 Å². The molecule has 0 heterocycles. The summed E-state index contributed by atoms with van der Waals surface area (Å²) in [6.45, 7) is 8.34. The minimum absolute atomic E-state index is 0. The Balaban J connectivity index is 0. The molecule has 60 valence electrons. The first-order valence-electron chi connectivity index (χ1n) is 3.18. The van der Waals surface area contributed by atoms with Crippen molar-refractivity contribution in [1.82, 2.24) is 0 Å². The lowest BCUT2D eigenvalue weighted by Crippen LogP contribution is -1.85. The standard InChI is InChI=1S/C8H14O.H2O/c1-4-5-6-9-7-8(2)3;/h5-6H,2,4,7H2,1,3H3;1H2. The van der Waals surface area contributed by atoms with Crippen molar-refractivity contribution < 1.29 is 10.2 Å². The van der Waals surface area contributed by atoms with Crippen LogP contribution in [0.2, 0.25) is 0 Å². The predicted molar refractivity (Wildman–Crippen MR) is 43.8 cm³/mol. The van der Waals surface area contributed by atoms with Gasteiger partial charge >= 0.3 is 0 Å². The molecule has 0 unspecified atom stereocenters. The third-order valence-electron chi connectivity index (χ3n) is 0.758. The number of allylic oxidation sites excluding steroid dienone is 1. The van der Waals surface area contributed by atoms with Gasteiger partial charge in [0.15, 0.2) is 0 Å². The summed E-state index contributed by atoms with van der Waals surface area (Å²) >= 11 is 0. The smallest absolute Gasteiger partial charge is 0.108 e. The summed E-state index contributed by atoms with van der Waals surface area (Å²) in [7, 11) is 0. The summed E-state index contributed by atoms with van der Waals surface area (Å²) in [5, 5.41) is 0. The minimum Gasteiger partial charge on any atom is -0.497 e. The maximum absolute atomic E-state index is 5.06. The molecule has 2 heteroatoms. The Hall–Kier alpha value is -0.760. The highest BCUT2D eigenvalue weighted by molar-refractivity contribution is 4.88. The SMILES string of the molecule is C=C(C)COC=CCC.O. The van der Waals surface area contributed by atoms with E-state index in [0.29, 0.717) is 6.61 Å². The van der Waals surface area contributed by atoms with Gasteiger partial charge < -0.3 is 10.2 Å². The molecule has 0 aliphatic carbocycles. The van der Waals surface area contributed by atoms with E-state index in [9.17, 15) is 0 Å². The highest BCUT2D eigenvalue weighted by Crippen LogP contribution is 1.89. The highest BCUT2D eigenvalue weighted by atomic mass is 16.5. The van der Waals surface area contributed by atoms with Gasteiger partial charge in [0.25, 0.3) is 0 Å². The summed E-state index contributed by atoms with van der Waals surface area (Å²) in [5.74, 6) is 0. The van der Waals surface area contributed by atoms with Gasteiger partial charge in [0.1, 0.15) is 6.61 Å². The quantitative estimate of drug-likeness (QED) is 0.437. The summed E-state index contributed by atoms with van der Waals surface area (Å²) in [4.78, 5) is 0. The Bertz CT molecular complexity index is 106. The molecule has 0 aromatic rings. The minimum atomic E-state index is 0. The number of hydrogen-bond acceptors (Lipinski definition) is 1. The molecule has 2 N–H and O–H groups in total. The molecule has 0 amide bonds. The first-order valence-corrected chi connectivity index (χ1v) is 3.18. The van der Waals surface area contributed by atoms with Crippen molar-refractivity contribution in [3.8, 4) is 0 Å². The molecule has 2 nitrogen and oxygen atoms in total. The third kappa shape index (κ3) is 10.3. The molecule has 0 radical (unpaired) electrons. The van der Waals surface area contributed by atoms with Crippen LogP contribution in [0.15, 0.2) is 24.5 Å². The van der Waals surface area contributed by atoms with Gasteiger partial charge in [0, 0.05) is 0 Å². The molecule has 0 fully saturated rings. The van der Waals surface area contributed by atoms with Crippen LogP contribution in [-0.2, 0) is 4.74 Å². The van der Waals surface area contributed by atoms with E-state index in [1.807, 2.05) is 13.0 Å². The van der Waals surface area contributed by atoms with Crippen molar-refractivity contribution in [2.24, 2.45) is 0 Å². The van der Waals surface area contributed by atoms with Gasteiger partial charge in [-0.05, 0) is 18.9 Å².